The lowest BCUT2D eigenvalue weighted by Crippen LogP contribution is -2.39. The third-order valence-corrected chi connectivity index (χ3v) is 4.28. The Kier molecular flexibility index (Phi) is 4.84. The molecule has 0 aromatic carbocycles. The highest BCUT2D eigenvalue weighted by molar-refractivity contribution is 5.83. The van der Waals surface area contributed by atoms with Crippen LogP contribution in [0.3, 0.4) is 0 Å². The fraction of sp³-hybridized carbons (Fsp3) is 0.929. The number of amidine groups is 1. The van der Waals surface area contributed by atoms with Gasteiger partial charge in [-0.3, -0.25) is 4.99 Å². The maximum Gasteiger partial charge on any atom is 0.0972 e. The predicted octanol–water partition coefficient (Wildman–Crippen LogP) is 2.41. The van der Waals surface area contributed by atoms with Crippen LogP contribution in [-0.2, 0) is 0 Å². The van der Waals surface area contributed by atoms with Crippen LogP contribution in [0, 0.1) is 5.92 Å². The molecule has 1 atom stereocenters. The molecule has 0 spiro atoms. The van der Waals surface area contributed by atoms with Gasteiger partial charge in [0.05, 0.1) is 11.9 Å². The lowest BCUT2D eigenvalue weighted by atomic mass is 9.88. The average Bonchev–Trinajstić information content (AvgIpc) is 2.40. The smallest absolute Gasteiger partial charge is 0.0972 e. The minimum absolute atomic E-state index is 0.464. The van der Waals surface area contributed by atoms with Gasteiger partial charge in [0.2, 0.25) is 0 Å². The van der Waals surface area contributed by atoms with Gasteiger partial charge in [-0.25, -0.2) is 0 Å². The zero-order valence-electron chi connectivity index (χ0n) is 11.2. The molecule has 2 rings (SSSR count). The second kappa shape index (κ2) is 6.39. The summed E-state index contributed by atoms with van der Waals surface area (Å²) in [5.74, 6) is 1.54. The second-order valence-corrected chi connectivity index (χ2v) is 5.58. The number of nitrogens with zero attached hydrogens (tertiary/aromatic N) is 2. The summed E-state index contributed by atoms with van der Waals surface area (Å²) in [5, 5.41) is 0. The van der Waals surface area contributed by atoms with Crippen molar-refractivity contribution in [3.63, 3.8) is 0 Å². The largest absolute Gasteiger partial charge is 0.387 e. The Balaban J connectivity index is 1.88. The molecule has 1 unspecified atom stereocenters. The van der Waals surface area contributed by atoms with E-state index in [9.17, 15) is 0 Å². The first-order chi connectivity index (χ1) is 8.29. The molecule has 0 aromatic heterocycles. The zero-order chi connectivity index (χ0) is 12.1. The summed E-state index contributed by atoms with van der Waals surface area (Å²) in [6, 6.07) is 0.464. The van der Waals surface area contributed by atoms with E-state index in [1.54, 1.807) is 0 Å². The van der Waals surface area contributed by atoms with Crippen molar-refractivity contribution in [2.45, 2.75) is 57.9 Å². The Morgan fingerprint density at radius 3 is 2.65 bits per heavy atom. The number of rotatable bonds is 3. The molecular weight excluding hydrogens is 210 g/mol. The summed E-state index contributed by atoms with van der Waals surface area (Å²) in [5.41, 5.74) is 6.20. The van der Waals surface area contributed by atoms with Gasteiger partial charge in [0.25, 0.3) is 0 Å². The van der Waals surface area contributed by atoms with Gasteiger partial charge in [-0.15, -0.1) is 0 Å². The van der Waals surface area contributed by atoms with E-state index in [0.717, 1.165) is 18.9 Å². The molecule has 0 aromatic rings. The van der Waals surface area contributed by atoms with Gasteiger partial charge in [-0.2, -0.15) is 0 Å². The predicted molar refractivity (Wildman–Crippen MR) is 73.3 cm³/mol. The molecule has 1 aliphatic heterocycles. The first kappa shape index (κ1) is 12.9. The van der Waals surface area contributed by atoms with E-state index in [4.69, 9.17) is 10.7 Å². The van der Waals surface area contributed by atoms with Crippen LogP contribution >= 0.6 is 0 Å². The quantitative estimate of drug-likeness (QED) is 0.605. The minimum Gasteiger partial charge on any atom is -0.387 e. The normalized spacial score (nSPS) is 29.5. The summed E-state index contributed by atoms with van der Waals surface area (Å²) < 4.78 is 0. The van der Waals surface area contributed by atoms with Gasteiger partial charge in [-0.1, -0.05) is 26.2 Å². The third-order valence-electron chi connectivity index (χ3n) is 4.28. The first-order valence-electron chi connectivity index (χ1n) is 7.35. The van der Waals surface area contributed by atoms with Crippen molar-refractivity contribution >= 4 is 5.84 Å². The molecule has 98 valence electrons. The van der Waals surface area contributed by atoms with E-state index >= 15 is 0 Å². The molecule has 2 fully saturated rings. The highest BCUT2D eigenvalue weighted by Gasteiger charge is 2.21. The Labute approximate surface area is 105 Å². The van der Waals surface area contributed by atoms with E-state index in [0.29, 0.717) is 12.0 Å². The maximum absolute atomic E-state index is 6.20. The molecule has 1 aliphatic carbocycles. The molecule has 3 heteroatoms. The van der Waals surface area contributed by atoms with Crippen molar-refractivity contribution in [1.29, 1.82) is 0 Å². The van der Waals surface area contributed by atoms with Crippen molar-refractivity contribution in [2.75, 3.05) is 19.6 Å². The number of piperidine rings is 1. The molecule has 0 amide bonds. The van der Waals surface area contributed by atoms with E-state index in [2.05, 4.69) is 11.8 Å². The summed E-state index contributed by atoms with van der Waals surface area (Å²) in [6.45, 7) is 5.74. The lowest BCUT2D eigenvalue weighted by Gasteiger charge is -2.30. The molecule has 2 N–H and O–H groups in total. The lowest BCUT2D eigenvalue weighted by molar-refractivity contribution is 0.219. The molecule has 0 bridgehead atoms. The summed E-state index contributed by atoms with van der Waals surface area (Å²) in [6.07, 6.45) is 9.10. The van der Waals surface area contributed by atoms with Crippen molar-refractivity contribution in [3.05, 3.63) is 0 Å². The van der Waals surface area contributed by atoms with E-state index in [1.165, 1.54) is 51.5 Å². The minimum atomic E-state index is 0.464. The van der Waals surface area contributed by atoms with Gasteiger partial charge >= 0.3 is 0 Å². The van der Waals surface area contributed by atoms with Crippen LogP contribution in [-0.4, -0.2) is 36.4 Å². The number of likely N-dealkylation sites (N-methyl/N-ethyl adjacent to an activating group) is 1. The summed E-state index contributed by atoms with van der Waals surface area (Å²) >= 11 is 0. The molecule has 17 heavy (non-hydrogen) atoms. The summed E-state index contributed by atoms with van der Waals surface area (Å²) in [7, 11) is 0. The van der Waals surface area contributed by atoms with Crippen LogP contribution in [0.25, 0.3) is 0 Å². The molecular formula is C14H27N3. The van der Waals surface area contributed by atoms with Crippen LogP contribution in [0.5, 0.6) is 0 Å². The van der Waals surface area contributed by atoms with Crippen LogP contribution in [0.1, 0.15) is 51.9 Å². The molecule has 2 aliphatic rings. The standard InChI is InChI=1S/C14H27N3/c1-2-17-10-6-9-13(11-17)16-14(15)12-7-4-3-5-8-12/h12-13H,2-11H2,1H3,(H2,15,16). The third kappa shape index (κ3) is 3.70. The molecule has 1 saturated heterocycles. The SMILES string of the molecule is CCN1CCCC(N=C(N)C2CCCCC2)C1. The number of hydrogen-bond donors (Lipinski definition) is 1. The zero-order valence-corrected chi connectivity index (χ0v) is 11.2. The monoisotopic (exact) mass is 237 g/mol. The highest BCUT2D eigenvalue weighted by atomic mass is 15.1. The molecule has 0 radical (unpaired) electrons. The average molecular weight is 237 g/mol. The van der Waals surface area contributed by atoms with Gasteiger partial charge < -0.3 is 10.6 Å². The van der Waals surface area contributed by atoms with E-state index in [-0.39, 0.29) is 0 Å². The fourth-order valence-electron chi connectivity index (χ4n) is 3.14. The van der Waals surface area contributed by atoms with Gasteiger partial charge in [0.15, 0.2) is 0 Å². The Morgan fingerprint density at radius 2 is 1.94 bits per heavy atom. The molecule has 1 saturated carbocycles. The van der Waals surface area contributed by atoms with Gasteiger partial charge in [0, 0.05) is 12.5 Å². The van der Waals surface area contributed by atoms with Gasteiger partial charge in [-0.05, 0) is 38.8 Å². The summed E-state index contributed by atoms with van der Waals surface area (Å²) in [4.78, 5) is 7.30. The molecule has 1 heterocycles. The topological polar surface area (TPSA) is 41.6 Å². The fourth-order valence-corrected chi connectivity index (χ4v) is 3.14. The second-order valence-electron chi connectivity index (χ2n) is 5.58. The number of aliphatic imine (C=N–C) groups is 1. The van der Waals surface area contributed by atoms with Crippen LogP contribution in [0.4, 0.5) is 0 Å². The number of hydrogen-bond acceptors (Lipinski definition) is 2. The van der Waals surface area contributed by atoms with Crippen molar-refractivity contribution in [2.24, 2.45) is 16.6 Å². The number of nitrogens with two attached hydrogens (primary N) is 1. The molecule has 3 nitrogen and oxygen atoms in total. The maximum atomic E-state index is 6.20. The first-order valence-corrected chi connectivity index (χ1v) is 7.35. The Morgan fingerprint density at radius 1 is 1.18 bits per heavy atom. The number of likely N-dealkylation sites (tertiary alicyclic amines) is 1. The van der Waals surface area contributed by atoms with E-state index < -0.39 is 0 Å². The highest BCUT2D eigenvalue weighted by Crippen LogP contribution is 2.24. The van der Waals surface area contributed by atoms with E-state index in [1.807, 2.05) is 0 Å². The van der Waals surface area contributed by atoms with Gasteiger partial charge in [0.1, 0.15) is 0 Å². The van der Waals surface area contributed by atoms with Crippen molar-refractivity contribution < 1.29 is 0 Å². The van der Waals surface area contributed by atoms with Crippen molar-refractivity contribution in [3.8, 4) is 0 Å². The van der Waals surface area contributed by atoms with Crippen molar-refractivity contribution in [1.82, 2.24) is 4.90 Å². The van der Waals surface area contributed by atoms with Crippen LogP contribution in [0.15, 0.2) is 4.99 Å². The van der Waals surface area contributed by atoms with Crippen LogP contribution < -0.4 is 5.73 Å². The Bertz CT molecular complexity index is 256. The van der Waals surface area contributed by atoms with Crippen LogP contribution in [0.2, 0.25) is 0 Å². The Hall–Kier alpha value is -0.570.